The van der Waals surface area contributed by atoms with E-state index in [1.54, 1.807) is 6.92 Å². The third-order valence-electron chi connectivity index (χ3n) is 9.34. The Labute approximate surface area is 223 Å². The highest BCUT2D eigenvalue weighted by molar-refractivity contribution is 5.91. The van der Waals surface area contributed by atoms with Crippen molar-refractivity contribution in [2.75, 3.05) is 6.61 Å². The minimum Gasteiger partial charge on any atom is -0.457 e. The number of epoxide rings is 1. The van der Waals surface area contributed by atoms with Crippen molar-refractivity contribution in [3.05, 3.63) is 60.2 Å². The van der Waals surface area contributed by atoms with E-state index in [9.17, 15) is 24.6 Å². The van der Waals surface area contributed by atoms with E-state index in [0.717, 1.165) is 5.56 Å². The van der Waals surface area contributed by atoms with Gasteiger partial charge in [0.2, 0.25) is 5.91 Å². The first-order valence-electron chi connectivity index (χ1n) is 13.4. The van der Waals surface area contributed by atoms with E-state index in [4.69, 9.17) is 9.47 Å². The molecule has 1 amide bonds. The maximum Gasteiger partial charge on any atom is 0.303 e. The summed E-state index contributed by atoms with van der Waals surface area (Å²) in [6.45, 7) is 6.25. The molecular weight excluding hydrogens is 486 g/mol. The van der Waals surface area contributed by atoms with Gasteiger partial charge in [-0.25, -0.2) is 0 Å². The maximum absolute atomic E-state index is 14.3. The van der Waals surface area contributed by atoms with Gasteiger partial charge < -0.3 is 25.0 Å². The number of benzene rings is 1. The lowest BCUT2D eigenvalue weighted by Crippen LogP contribution is -2.61. The predicted octanol–water partition coefficient (Wildman–Crippen LogP) is 2.13. The van der Waals surface area contributed by atoms with Gasteiger partial charge in [-0.15, -0.1) is 0 Å². The molecule has 2 saturated heterocycles. The molecule has 0 aromatic heterocycles. The number of aliphatic hydroxyl groups excluding tert-OH is 1. The molecule has 2 aliphatic heterocycles. The van der Waals surface area contributed by atoms with Crippen molar-refractivity contribution in [3.63, 3.8) is 0 Å². The first-order chi connectivity index (χ1) is 18.0. The zero-order valence-electron chi connectivity index (χ0n) is 22.3. The number of hydrogen-bond donors (Lipinski definition) is 3. The Morgan fingerprint density at radius 1 is 1.18 bits per heavy atom. The topological polar surface area (TPSA) is 125 Å². The van der Waals surface area contributed by atoms with Crippen LogP contribution >= 0.6 is 0 Å². The van der Waals surface area contributed by atoms with E-state index in [0.29, 0.717) is 12.8 Å². The molecule has 0 radical (unpaired) electrons. The SMILES string of the molecule is CC(=O)O[C@@H]1/C=C\[C@@](C)(O)C(=O)[C@@H](C)C/C=C\[C@H]2[C@@H]3O[C@]3(CO)[C@@H](C)[C@H]3[C@H](Cc4ccccc4)NC(=O)[C@@]312. The molecule has 5 rings (SSSR count). The zero-order chi connectivity index (χ0) is 27.5. The smallest absolute Gasteiger partial charge is 0.303 e. The van der Waals surface area contributed by atoms with Gasteiger partial charge in [-0.3, -0.25) is 14.4 Å². The number of ether oxygens (including phenoxy) is 2. The summed E-state index contributed by atoms with van der Waals surface area (Å²) in [4.78, 5) is 39.7. The Morgan fingerprint density at radius 2 is 1.89 bits per heavy atom. The van der Waals surface area contributed by atoms with E-state index < -0.39 is 46.6 Å². The molecule has 2 heterocycles. The molecule has 1 spiro atoms. The number of rotatable bonds is 4. The summed E-state index contributed by atoms with van der Waals surface area (Å²) in [5, 5.41) is 24.8. The van der Waals surface area contributed by atoms with Crippen LogP contribution in [0.4, 0.5) is 0 Å². The van der Waals surface area contributed by atoms with Gasteiger partial charge in [0.25, 0.3) is 0 Å². The van der Waals surface area contributed by atoms with Crippen molar-refractivity contribution in [2.45, 2.75) is 70.0 Å². The maximum atomic E-state index is 14.3. The van der Waals surface area contributed by atoms with Gasteiger partial charge in [-0.1, -0.05) is 56.3 Å². The largest absolute Gasteiger partial charge is 0.457 e. The Bertz CT molecular complexity index is 1180. The average molecular weight is 524 g/mol. The zero-order valence-corrected chi connectivity index (χ0v) is 22.3. The normalized spacial score (nSPS) is 45.5. The minimum atomic E-state index is -1.80. The van der Waals surface area contributed by atoms with Crippen molar-refractivity contribution in [1.82, 2.24) is 5.32 Å². The van der Waals surface area contributed by atoms with E-state index in [2.05, 4.69) is 5.32 Å². The molecule has 8 nitrogen and oxygen atoms in total. The van der Waals surface area contributed by atoms with Gasteiger partial charge in [-0.2, -0.15) is 0 Å². The third kappa shape index (κ3) is 3.96. The van der Waals surface area contributed by atoms with Crippen LogP contribution in [-0.4, -0.2) is 63.9 Å². The number of amides is 1. The third-order valence-corrected chi connectivity index (χ3v) is 9.34. The van der Waals surface area contributed by atoms with Crippen LogP contribution in [0.5, 0.6) is 0 Å². The lowest BCUT2D eigenvalue weighted by molar-refractivity contribution is -0.163. The van der Waals surface area contributed by atoms with Crippen LogP contribution in [0.15, 0.2) is 54.6 Å². The van der Waals surface area contributed by atoms with Gasteiger partial charge in [0.05, 0.1) is 12.7 Å². The monoisotopic (exact) mass is 523 g/mol. The summed E-state index contributed by atoms with van der Waals surface area (Å²) in [6, 6.07) is 9.53. The molecule has 1 aromatic carbocycles. The van der Waals surface area contributed by atoms with Crippen molar-refractivity contribution >= 4 is 17.7 Å². The number of carbonyl (C=O) groups excluding carboxylic acids is 3. The van der Waals surface area contributed by atoms with E-state index in [-0.39, 0.29) is 36.2 Å². The number of ketones is 1. The van der Waals surface area contributed by atoms with E-state index in [1.165, 1.54) is 26.0 Å². The Kier molecular flexibility index (Phi) is 6.65. The second-order valence-electron chi connectivity index (χ2n) is 11.7. The second kappa shape index (κ2) is 9.43. The minimum absolute atomic E-state index is 0.195. The predicted molar refractivity (Wildman–Crippen MR) is 139 cm³/mol. The van der Waals surface area contributed by atoms with Gasteiger partial charge in [0, 0.05) is 30.7 Å². The molecule has 3 fully saturated rings. The molecule has 38 heavy (non-hydrogen) atoms. The molecule has 4 aliphatic rings. The number of nitrogens with one attached hydrogen (secondary N) is 1. The Morgan fingerprint density at radius 3 is 2.55 bits per heavy atom. The number of Topliss-reactive ketones (excluding diaryl/α,β-unsaturated/α-hetero) is 1. The molecule has 0 bridgehead atoms. The Balaban J connectivity index is 1.71. The molecule has 1 saturated carbocycles. The highest BCUT2D eigenvalue weighted by Gasteiger charge is 2.80. The second-order valence-corrected chi connectivity index (χ2v) is 11.7. The number of aliphatic hydroxyl groups is 2. The Hall–Kier alpha value is -2.81. The van der Waals surface area contributed by atoms with Crippen molar-refractivity contribution in [2.24, 2.45) is 29.1 Å². The first-order valence-corrected chi connectivity index (χ1v) is 13.4. The van der Waals surface area contributed by atoms with Crippen LogP contribution in [-0.2, 0) is 30.3 Å². The standard InChI is InChI=1S/C30H37NO7/c1-17-9-8-12-21-26-29(16-32,38-26)18(2)24-22(15-20-10-6-5-7-11-20)31-27(35)30(21,24)23(37-19(3)33)13-14-28(4,36)25(17)34/h5-8,10-14,17-18,21-24,26,32,36H,9,15-16H2,1-4H3,(H,31,35)/b12-8-,14-13-/t17-,18-,21-,22-,23+,24-,26-,28+,29+,30+/m0/s1. The van der Waals surface area contributed by atoms with Gasteiger partial charge in [0.1, 0.15) is 22.7 Å². The van der Waals surface area contributed by atoms with Crippen LogP contribution in [0.25, 0.3) is 0 Å². The van der Waals surface area contributed by atoms with Crippen LogP contribution in [0.1, 0.15) is 39.7 Å². The van der Waals surface area contributed by atoms with E-state index in [1.807, 2.05) is 49.4 Å². The van der Waals surface area contributed by atoms with Crippen LogP contribution in [0.2, 0.25) is 0 Å². The quantitative estimate of drug-likeness (QED) is 0.314. The summed E-state index contributed by atoms with van der Waals surface area (Å²) in [5.74, 6) is -2.85. The number of carbonyl (C=O) groups is 3. The molecule has 0 unspecified atom stereocenters. The molecule has 8 heteroatoms. The lowest BCUT2D eigenvalue weighted by Gasteiger charge is -2.49. The fourth-order valence-corrected chi connectivity index (χ4v) is 7.46. The van der Waals surface area contributed by atoms with Gasteiger partial charge in [0.15, 0.2) is 5.78 Å². The van der Waals surface area contributed by atoms with Crippen LogP contribution in [0.3, 0.4) is 0 Å². The summed E-state index contributed by atoms with van der Waals surface area (Å²) in [7, 11) is 0. The van der Waals surface area contributed by atoms with E-state index >= 15 is 0 Å². The summed E-state index contributed by atoms with van der Waals surface area (Å²) in [5.41, 5.74) is -2.85. The van der Waals surface area contributed by atoms with Crippen molar-refractivity contribution < 1.29 is 34.1 Å². The molecule has 3 N–H and O–H groups in total. The molecule has 1 aromatic rings. The lowest BCUT2D eigenvalue weighted by atomic mass is 9.51. The van der Waals surface area contributed by atoms with Crippen LogP contribution < -0.4 is 5.32 Å². The summed E-state index contributed by atoms with van der Waals surface area (Å²) >= 11 is 0. The fraction of sp³-hybridized carbons (Fsp3) is 0.567. The molecule has 10 atom stereocenters. The number of fused-ring (bicyclic) bond motifs is 2. The summed E-state index contributed by atoms with van der Waals surface area (Å²) < 4.78 is 12.1. The van der Waals surface area contributed by atoms with Gasteiger partial charge in [-0.05, 0) is 43.4 Å². The fourth-order valence-electron chi connectivity index (χ4n) is 7.46. The van der Waals surface area contributed by atoms with Crippen molar-refractivity contribution in [3.8, 4) is 0 Å². The number of allylic oxidation sites excluding steroid dienone is 1. The van der Waals surface area contributed by atoms with Gasteiger partial charge >= 0.3 is 5.97 Å². The number of esters is 1. The average Bonchev–Trinajstić information content (AvgIpc) is 3.56. The first kappa shape index (κ1) is 26.8. The summed E-state index contributed by atoms with van der Waals surface area (Å²) in [6.07, 6.45) is 6.01. The number of hydrogen-bond acceptors (Lipinski definition) is 7. The highest BCUT2D eigenvalue weighted by Crippen LogP contribution is 2.67. The van der Waals surface area contributed by atoms with Crippen molar-refractivity contribution in [1.29, 1.82) is 0 Å². The molecular formula is C30H37NO7. The molecule has 2 aliphatic carbocycles. The molecule has 204 valence electrons. The van der Waals surface area contributed by atoms with Crippen LogP contribution in [0, 0.1) is 29.1 Å². The highest BCUT2D eigenvalue weighted by atomic mass is 16.6.